The Kier molecular flexibility index (Phi) is 5.88. The quantitative estimate of drug-likeness (QED) is 0.427. The van der Waals surface area contributed by atoms with Crippen molar-refractivity contribution in [2.75, 3.05) is 6.54 Å². The third-order valence-corrected chi connectivity index (χ3v) is 6.91. The van der Waals surface area contributed by atoms with E-state index in [4.69, 9.17) is 11.6 Å². The Morgan fingerprint density at radius 3 is 2.44 bits per heavy atom. The Hall–Kier alpha value is -3.57. The van der Waals surface area contributed by atoms with Gasteiger partial charge in [-0.05, 0) is 48.7 Å². The summed E-state index contributed by atoms with van der Waals surface area (Å²) in [4.78, 5) is 29.1. The van der Waals surface area contributed by atoms with Gasteiger partial charge in [-0.2, -0.15) is 0 Å². The molecule has 0 bridgehead atoms. The van der Waals surface area contributed by atoms with Gasteiger partial charge in [0.25, 0.3) is 5.91 Å². The van der Waals surface area contributed by atoms with Gasteiger partial charge >= 0.3 is 0 Å². The molecule has 1 atom stereocenters. The lowest BCUT2D eigenvalue weighted by Crippen LogP contribution is -2.64. The van der Waals surface area contributed by atoms with Crippen LogP contribution < -0.4 is 5.32 Å². The monoisotopic (exact) mass is 471 g/mol. The summed E-state index contributed by atoms with van der Waals surface area (Å²) in [6.07, 6.45) is 0.630. The molecule has 1 aliphatic heterocycles. The normalized spacial score (nSPS) is 17.6. The molecule has 0 saturated carbocycles. The summed E-state index contributed by atoms with van der Waals surface area (Å²) < 4.78 is 1.98. The fraction of sp³-hybridized carbons (Fsp3) is 0.214. The van der Waals surface area contributed by atoms with E-state index in [2.05, 4.69) is 5.32 Å². The van der Waals surface area contributed by atoms with E-state index in [1.807, 2.05) is 96.4 Å². The molecule has 0 unspecified atom stereocenters. The van der Waals surface area contributed by atoms with Gasteiger partial charge in [0, 0.05) is 29.0 Å². The number of aromatic nitrogens is 1. The van der Waals surface area contributed by atoms with Gasteiger partial charge in [-0.15, -0.1) is 0 Å². The van der Waals surface area contributed by atoms with Crippen molar-refractivity contribution in [3.8, 4) is 0 Å². The van der Waals surface area contributed by atoms with E-state index >= 15 is 0 Å². The molecule has 6 heteroatoms. The van der Waals surface area contributed by atoms with E-state index in [1.54, 1.807) is 4.90 Å². The molecule has 2 heterocycles. The van der Waals surface area contributed by atoms with Crippen LogP contribution in [0.25, 0.3) is 10.9 Å². The molecular formula is C28H26ClN3O2. The number of nitrogens with zero attached hydrogens (tertiary/aromatic N) is 2. The molecule has 1 aliphatic rings. The van der Waals surface area contributed by atoms with E-state index in [0.717, 1.165) is 22.0 Å². The summed E-state index contributed by atoms with van der Waals surface area (Å²) in [5.74, 6) is -0.294. The first-order valence-electron chi connectivity index (χ1n) is 11.4. The van der Waals surface area contributed by atoms with E-state index in [0.29, 0.717) is 36.8 Å². The largest absolute Gasteiger partial charge is 0.350 e. The maximum atomic E-state index is 13.8. The van der Waals surface area contributed by atoms with Gasteiger partial charge in [-0.3, -0.25) is 9.59 Å². The molecule has 1 aromatic heterocycles. The van der Waals surface area contributed by atoms with Gasteiger partial charge in [0.1, 0.15) is 11.2 Å². The van der Waals surface area contributed by atoms with Gasteiger partial charge < -0.3 is 14.8 Å². The number of carbonyl (C=O) groups is 2. The van der Waals surface area contributed by atoms with Crippen molar-refractivity contribution in [1.29, 1.82) is 0 Å². The van der Waals surface area contributed by atoms with E-state index in [-0.39, 0.29) is 11.8 Å². The molecule has 3 aromatic carbocycles. The number of rotatable bonds is 6. The zero-order valence-electron chi connectivity index (χ0n) is 19.0. The SMILES string of the molecule is C[C@@]1(C(=O)NCc2ccccc2)Cn2c(cc3ccccc32)C(=O)N1CCc1ccc(Cl)cc1. The molecule has 5 nitrogen and oxygen atoms in total. The topological polar surface area (TPSA) is 54.3 Å². The van der Waals surface area contributed by atoms with Crippen LogP contribution in [0.5, 0.6) is 0 Å². The molecule has 4 aromatic rings. The first kappa shape index (κ1) is 22.2. The fourth-order valence-electron chi connectivity index (χ4n) is 4.72. The number of benzene rings is 3. The number of amides is 2. The van der Waals surface area contributed by atoms with Gasteiger partial charge in [-0.1, -0.05) is 72.3 Å². The van der Waals surface area contributed by atoms with Gasteiger partial charge in [0.05, 0.1) is 6.54 Å². The number of hydrogen-bond donors (Lipinski definition) is 1. The fourth-order valence-corrected chi connectivity index (χ4v) is 4.84. The second-order valence-corrected chi connectivity index (χ2v) is 9.39. The van der Waals surface area contributed by atoms with Crippen molar-refractivity contribution >= 4 is 34.3 Å². The standard InChI is InChI=1S/C28H26ClN3O2/c1-28(27(34)30-18-21-7-3-2-4-8-21)19-31-24-10-6-5-9-22(24)17-25(31)26(33)32(28)16-15-20-11-13-23(29)14-12-20/h2-14,17H,15-16,18-19H2,1H3,(H,30,34)/t28-/m0/s1. The highest BCUT2D eigenvalue weighted by Crippen LogP contribution is 2.32. The van der Waals surface area contributed by atoms with Gasteiger partial charge in [0.15, 0.2) is 0 Å². The number of para-hydroxylation sites is 1. The minimum atomic E-state index is -1.03. The molecule has 0 spiro atoms. The van der Waals surface area contributed by atoms with Crippen LogP contribution in [0.2, 0.25) is 5.02 Å². The molecule has 172 valence electrons. The summed E-state index contributed by atoms with van der Waals surface area (Å²) in [5.41, 5.74) is 2.63. The van der Waals surface area contributed by atoms with Crippen LogP contribution in [0.15, 0.2) is 84.9 Å². The van der Waals surface area contributed by atoms with Crippen LogP contribution in [-0.2, 0) is 24.3 Å². The van der Waals surface area contributed by atoms with Crippen LogP contribution in [0.3, 0.4) is 0 Å². The third-order valence-electron chi connectivity index (χ3n) is 6.66. The van der Waals surface area contributed by atoms with Crippen molar-refractivity contribution in [3.05, 3.63) is 107 Å². The van der Waals surface area contributed by atoms with E-state index < -0.39 is 5.54 Å². The number of carbonyl (C=O) groups excluding carboxylic acids is 2. The minimum absolute atomic E-state index is 0.131. The number of hydrogen-bond acceptors (Lipinski definition) is 2. The highest BCUT2D eigenvalue weighted by atomic mass is 35.5. The van der Waals surface area contributed by atoms with Crippen molar-refractivity contribution in [2.45, 2.75) is 32.0 Å². The summed E-state index contributed by atoms with van der Waals surface area (Å²) >= 11 is 6.03. The van der Waals surface area contributed by atoms with Crippen LogP contribution in [0, 0.1) is 0 Å². The summed E-state index contributed by atoms with van der Waals surface area (Å²) in [6, 6.07) is 27.2. The first-order valence-corrected chi connectivity index (χ1v) is 11.8. The molecule has 0 fully saturated rings. The van der Waals surface area contributed by atoms with Crippen LogP contribution in [0.1, 0.15) is 28.5 Å². The highest BCUT2D eigenvalue weighted by molar-refractivity contribution is 6.30. The number of halogens is 1. The second kappa shape index (κ2) is 8.99. The Labute approximate surface area is 203 Å². The lowest BCUT2D eigenvalue weighted by molar-refractivity contribution is -0.133. The van der Waals surface area contributed by atoms with E-state index in [9.17, 15) is 9.59 Å². The molecule has 0 radical (unpaired) electrons. The summed E-state index contributed by atoms with van der Waals surface area (Å²) in [6.45, 7) is 3.10. The van der Waals surface area contributed by atoms with Crippen LogP contribution in [0.4, 0.5) is 0 Å². The number of nitrogens with one attached hydrogen (secondary N) is 1. The molecule has 0 saturated heterocycles. The van der Waals surface area contributed by atoms with Gasteiger partial charge in [-0.25, -0.2) is 0 Å². The Morgan fingerprint density at radius 2 is 1.68 bits per heavy atom. The molecular weight excluding hydrogens is 446 g/mol. The average Bonchev–Trinajstić information content (AvgIpc) is 3.22. The Balaban J connectivity index is 1.47. The molecule has 34 heavy (non-hydrogen) atoms. The maximum absolute atomic E-state index is 13.8. The first-order chi connectivity index (χ1) is 16.5. The lowest BCUT2D eigenvalue weighted by Gasteiger charge is -2.44. The predicted molar refractivity (Wildman–Crippen MR) is 135 cm³/mol. The van der Waals surface area contributed by atoms with Gasteiger partial charge in [0.2, 0.25) is 5.91 Å². The van der Waals surface area contributed by atoms with E-state index in [1.165, 1.54) is 0 Å². The molecule has 5 rings (SSSR count). The second-order valence-electron chi connectivity index (χ2n) is 8.95. The Bertz CT molecular complexity index is 1350. The molecule has 2 amide bonds. The smallest absolute Gasteiger partial charge is 0.271 e. The summed E-state index contributed by atoms with van der Waals surface area (Å²) in [7, 11) is 0. The van der Waals surface area contributed by atoms with Crippen molar-refractivity contribution < 1.29 is 9.59 Å². The lowest BCUT2D eigenvalue weighted by atomic mass is 9.93. The zero-order chi connectivity index (χ0) is 23.7. The summed E-state index contributed by atoms with van der Waals surface area (Å²) in [5, 5.41) is 4.74. The van der Waals surface area contributed by atoms with Crippen LogP contribution >= 0.6 is 11.6 Å². The Morgan fingerprint density at radius 1 is 0.971 bits per heavy atom. The van der Waals surface area contributed by atoms with Crippen LogP contribution in [-0.4, -0.2) is 33.4 Å². The number of fused-ring (bicyclic) bond motifs is 3. The maximum Gasteiger partial charge on any atom is 0.271 e. The van der Waals surface area contributed by atoms with Crippen molar-refractivity contribution in [2.24, 2.45) is 0 Å². The highest BCUT2D eigenvalue weighted by Gasteiger charge is 2.47. The average molecular weight is 472 g/mol. The third kappa shape index (κ3) is 4.08. The minimum Gasteiger partial charge on any atom is -0.350 e. The predicted octanol–water partition coefficient (Wildman–Crippen LogP) is 5.07. The molecule has 1 N–H and O–H groups in total. The molecule has 0 aliphatic carbocycles. The van der Waals surface area contributed by atoms with Crippen molar-refractivity contribution in [1.82, 2.24) is 14.8 Å². The zero-order valence-corrected chi connectivity index (χ0v) is 19.8. The van der Waals surface area contributed by atoms with Crippen molar-refractivity contribution in [3.63, 3.8) is 0 Å².